The third-order valence-corrected chi connectivity index (χ3v) is 6.39. The van der Waals surface area contributed by atoms with Gasteiger partial charge in [-0.2, -0.15) is 11.8 Å². The zero-order chi connectivity index (χ0) is 11.5. The van der Waals surface area contributed by atoms with E-state index in [1.165, 1.54) is 24.2 Å². The summed E-state index contributed by atoms with van der Waals surface area (Å²) in [6.07, 6.45) is 2.57. The minimum absolute atomic E-state index is 0.549. The number of rotatable bonds is 5. The van der Waals surface area contributed by atoms with Crippen LogP contribution < -0.4 is 5.32 Å². The van der Waals surface area contributed by atoms with Gasteiger partial charge in [0.2, 0.25) is 0 Å². The molecule has 1 aliphatic rings. The first-order chi connectivity index (χ1) is 6.83. The zero-order valence-electron chi connectivity index (χ0n) is 9.75. The molecule has 0 radical (unpaired) electrons. The van der Waals surface area contributed by atoms with Crippen molar-refractivity contribution >= 4 is 21.6 Å². The Bertz CT molecular complexity index is 293. The van der Waals surface area contributed by atoms with Crippen molar-refractivity contribution in [1.29, 1.82) is 0 Å². The molecule has 1 N–H and O–H groups in total. The molecule has 1 fully saturated rings. The lowest BCUT2D eigenvalue weighted by molar-refractivity contribution is 0.478. The second-order valence-corrected chi connectivity index (χ2v) is 8.69. The first-order valence-electron chi connectivity index (χ1n) is 5.31. The summed E-state index contributed by atoms with van der Waals surface area (Å²) in [7, 11) is -2.97. The number of hydrogen-bond acceptors (Lipinski definition) is 4. The molecule has 1 aliphatic heterocycles. The normalized spacial score (nSPS) is 23.3. The van der Waals surface area contributed by atoms with Crippen molar-refractivity contribution in [3.8, 4) is 0 Å². The highest BCUT2D eigenvalue weighted by Gasteiger charge is 2.29. The van der Waals surface area contributed by atoms with Gasteiger partial charge in [0.05, 0.1) is 4.75 Å². The molecule has 15 heavy (non-hydrogen) atoms. The van der Waals surface area contributed by atoms with Crippen molar-refractivity contribution in [1.82, 2.24) is 5.32 Å². The van der Waals surface area contributed by atoms with Crippen LogP contribution in [-0.4, -0.2) is 44.0 Å². The highest BCUT2D eigenvalue weighted by molar-refractivity contribution is 7.99. The number of thioether (sulfide) groups is 1. The lowest BCUT2D eigenvalue weighted by Crippen LogP contribution is -2.43. The summed E-state index contributed by atoms with van der Waals surface area (Å²) in [6, 6.07) is 0. The molecule has 0 amide bonds. The Morgan fingerprint density at radius 3 is 2.60 bits per heavy atom. The van der Waals surface area contributed by atoms with Gasteiger partial charge in [0.15, 0.2) is 9.84 Å². The van der Waals surface area contributed by atoms with E-state index in [4.69, 9.17) is 0 Å². The summed E-state index contributed by atoms with van der Waals surface area (Å²) in [5.74, 6) is 3.19. The highest BCUT2D eigenvalue weighted by Crippen LogP contribution is 2.22. The molecule has 0 spiro atoms. The van der Waals surface area contributed by atoms with Crippen molar-refractivity contribution in [2.24, 2.45) is 5.92 Å². The van der Waals surface area contributed by atoms with Crippen molar-refractivity contribution < 1.29 is 8.42 Å². The van der Waals surface area contributed by atoms with E-state index >= 15 is 0 Å². The number of hydrogen-bond donors (Lipinski definition) is 1. The molecule has 1 atom stereocenters. The standard InChI is InChI=1S/C10H21NO2S2/c1-10(2,15(3,12)13)8-11-6-9-4-5-14-7-9/h9,11H,4-8H2,1-3H3. The molecule has 0 aromatic carbocycles. The molecule has 1 saturated heterocycles. The average molecular weight is 251 g/mol. The van der Waals surface area contributed by atoms with Crippen LogP contribution in [0.25, 0.3) is 0 Å². The van der Waals surface area contributed by atoms with Crippen LogP contribution in [-0.2, 0) is 9.84 Å². The van der Waals surface area contributed by atoms with Crippen LogP contribution in [0.1, 0.15) is 20.3 Å². The second-order valence-electron chi connectivity index (χ2n) is 4.89. The molecule has 1 unspecified atom stereocenters. The summed E-state index contributed by atoms with van der Waals surface area (Å²) < 4.78 is 22.2. The van der Waals surface area contributed by atoms with Crippen molar-refractivity contribution in [3.05, 3.63) is 0 Å². The van der Waals surface area contributed by atoms with Crippen molar-refractivity contribution in [2.45, 2.75) is 25.0 Å². The van der Waals surface area contributed by atoms with E-state index in [9.17, 15) is 8.42 Å². The fourth-order valence-corrected chi connectivity index (χ4v) is 3.10. The van der Waals surface area contributed by atoms with Crippen LogP contribution in [0.15, 0.2) is 0 Å². The maximum atomic E-state index is 11.4. The lowest BCUT2D eigenvalue weighted by Gasteiger charge is -2.23. The van der Waals surface area contributed by atoms with Gasteiger partial charge in [0, 0.05) is 12.8 Å². The summed E-state index contributed by atoms with van der Waals surface area (Å²) in [5, 5.41) is 3.28. The Labute approximate surface area is 97.3 Å². The van der Waals surface area contributed by atoms with Gasteiger partial charge in [-0.3, -0.25) is 0 Å². The minimum atomic E-state index is -2.97. The third kappa shape index (κ3) is 3.96. The molecule has 5 heteroatoms. The van der Waals surface area contributed by atoms with Crippen molar-refractivity contribution in [2.75, 3.05) is 30.9 Å². The van der Waals surface area contributed by atoms with Crippen LogP contribution in [0.4, 0.5) is 0 Å². The molecular weight excluding hydrogens is 230 g/mol. The van der Waals surface area contributed by atoms with E-state index in [0.717, 1.165) is 12.5 Å². The maximum absolute atomic E-state index is 11.4. The first kappa shape index (κ1) is 13.3. The van der Waals surface area contributed by atoms with Gasteiger partial charge in [0.25, 0.3) is 0 Å². The van der Waals surface area contributed by atoms with Gasteiger partial charge in [-0.05, 0) is 44.2 Å². The Kier molecular flexibility index (Phi) is 4.50. The number of sulfone groups is 1. The van der Waals surface area contributed by atoms with Crippen LogP contribution >= 0.6 is 11.8 Å². The molecule has 0 saturated carbocycles. The topological polar surface area (TPSA) is 46.2 Å². The quantitative estimate of drug-likeness (QED) is 0.796. The van der Waals surface area contributed by atoms with E-state index in [0.29, 0.717) is 6.54 Å². The molecule has 1 heterocycles. The molecule has 1 rings (SSSR count). The predicted molar refractivity (Wildman–Crippen MR) is 67.2 cm³/mol. The van der Waals surface area contributed by atoms with Gasteiger partial charge in [0.1, 0.15) is 0 Å². The largest absolute Gasteiger partial charge is 0.315 e. The Balaban J connectivity index is 2.30. The van der Waals surface area contributed by atoms with Gasteiger partial charge in [-0.25, -0.2) is 8.42 Å². The van der Waals surface area contributed by atoms with Crippen LogP contribution in [0.3, 0.4) is 0 Å². The fourth-order valence-electron chi connectivity index (χ4n) is 1.45. The van der Waals surface area contributed by atoms with Crippen LogP contribution in [0.2, 0.25) is 0 Å². The lowest BCUT2D eigenvalue weighted by atomic mass is 10.1. The maximum Gasteiger partial charge on any atom is 0.153 e. The SMILES string of the molecule is CC(C)(CNCC1CCSC1)S(C)(=O)=O. The third-order valence-electron chi connectivity index (χ3n) is 3.01. The Morgan fingerprint density at radius 1 is 1.47 bits per heavy atom. The minimum Gasteiger partial charge on any atom is -0.315 e. The zero-order valence-corrected chi connectivity index (χ0v) is 11.4. The fraction of sp³-hybridized carbons (Fsp3) is 1.00. The summed E-state index contributed by atoms with van der Waals surface area (Å²) in [4.78, 5) is 0. The molecule has 0 aromatic heterocycles. The predicted octanol–water partition coefficient (Wildman–Crippen LogP) is 1.15. The number of nitrogens with one attached hydrogen (secondary N) is 1. The average Bonchev–Trinajstić information content (AvgIpc) is 2.54. The van der Waals surface area contributed by atoms with Gasteiger partial charge in [-0.15, -0.1) is 0 Å². The van der Waals surface area contributed by atoms with Gasteiger partial charge < -0.3 is 5.32 Å². The van der Waals surface area contributed by atoms with Gasteiger partial charge in [-0.1, -0.05) is 0 Å². The van der Waals surface area contributed by atoms with E-state index in [2.05, 4.69) is 5.32 Å². The summed E-state index contributed by atoms with van der Waals surface area (Å²) in [6.45, 7) is 5.05. The Hall–Kier alpha value is 0.260. The summed E-state index contributed by atoms with van der Waals surface area (Å²) >= 11 is 1.99. The smallest absolute Gasteiger partial charge is 0.153 e. The molecular formula is C10H21NO2S2. The molecule has 0 aromatic rings. The molecule has 90 valence electrons. The summed E-state index contributed by atoms with van der Waals surface area (Å²) in [5.41, 5.74) is 0. The van der Waals surface area contributed by atoms with E-state index in [1.807, 2.05) is 11.8 Å². The molecule has 3 nitrogen and oxygen atoms in total. The molecule has 0 bridgehead atoms. The van der Waals surface area contributed by atoms with E-state index < -0.39 is 14.6 Å². The van der Waals surface area contributed by atoms with Gasteiger partial charge >= 0.3 is 0 Å². The Morgan fingerprint density at radius 2 is 2.13 bits per heavy atom. The van der Waals surface area contributed by atoms with Crippen LogP contribution in [0, 0.1) is 5.92 Å². The second kappa shape index (κ2) is 5.06. The highest BCUT2D eigenvalue weighted by atomic mass is 32.2. The van der Waals surface area contributed by atoms with E-state index in [1.54, 1.807) is 13.8 Å². The van der Waals surface area contributed by atoms with Crippen molar-refractivity contribution in [3.63, 3.8) is 0 Å². The first-order valence-corrected chi connectivity index (χ1v) is 8.35. The van der Waals surface area contributed by atoms with Crippen LogP contribution in [0.5, 0.6) is 0 Å². The van der Waals surface area contributed by atoms with E-state index in [-0.39, 0.29) is 0 Å². The monoisotopic (exact) mass is 251 g/mol. The molecule has 0 aliphatic carbocycles.